The zero-order valence-electron chi connectivity index (χ0n) is 8.82. The molecule has 15 heavy (non-hydrogen) atoms. The van der Waals surface area contributed by atoms with Crippen LogP contribution in [0.3, 0.4) is 0 Å². The van der Waals surface area contributed by atoms with E-state index in [1.807, 2.05) is 18.9 Å². The van der Waals surface area contributed by atoms with Crippen LogP contribution >= 0.6 is 11.3 Å². The van der Waals surface area contributed by atoms with Gasteiger partial charge in [-0.2, -0.15) is 11.3 Å². The fraction of sp³-hybridized carbons (Fsp3) is 0.300. The first-order valence-electron chi connectivity index (χ1n) is 4.71. The first-order valence-corrected chi connectivity index (χ1v) is 5.65. The molecule has 0 aliphatic carbocycles. The van der Waals surface area contributed by atoms with Crippen molar-refractivity contribution in [1.29, 1.82) is 0 Å². The van der Waals surface area contributed by atoms with Gasteiger partial charge in [-0.1, -0.05) is 0 Å². The molecule has 0 amide bonds. The summed E-state index contributed by atoms with van der Waals surface area (Å²) in [6, 6.07) is 2.11. The summed E-state index contributed by atoms with van der Waals surface area (Å²) in [6.07, 6.45) is 0. The average Bonchev–Trinajstić information content (AvgIpc) is 2.75. The van der Waals surface area contributed by atoms with Crippen molar-refractivity contribution in [2.24, 2.45) is 0 Å². The lowest BCUT2D eigenvalue weighted by Gasteiger charge is -2.15. The summed E-state index contributed by atoms with van der Waals surface area (Å²) < 4.78 is 0. The molecule has 0 radical (unpaired) electrons. The molecule has 2 heterocycles. The SMILES string of the molecule is Cc1nc(N(C)Cc2ccsc2)c(N)[nH]1. The van der Waals surface area contributed by atoms with Crippen LogP contribution in [0.15, 0.2) is 16.8 Å². The molecule has 80 valence electrons. The third kappa shape index (κ3) is 2.12. The normalized spacial score (nSPS) is 10.5. The first kappa shape index (κ1) is 10.0. The van der Waals surface area contributed by atoms with Gasteiger partial charge in [0.25, 0.3) is 0 Å². The molecule has 0 aliphatic heterocycles. The minimum atomic E-state index is 0.630. The molecule has 0 unspecified atom stereocenters. The van der Waals surface area contributed by atoms with E-state index < -0.39 is 0 Å². The minimum Gasteiger partial charge on any atom is -0.382 e. The zero-order valence-corrected chi connectivity index (χ0v) is 9.64. The molecule has 0 spiro atoms. The number of H-pyrrole nitrogens is 1. The van der Waals surface area contributed by atoms with Crippen molar-refractivity contribution >= 4 is 23.0 Å². The molecule has 0 saturated heterocycles. The number of hydrogen-bond donors (Lipinski definition) is 2. The Labute approximate surface area is 92.8 Å². The van der Waals surface area contributed by atoms with Crippen molar-refractivity contribution in [2.75, 3.05) is 17.7 Å². The van der Waals surface area contributed by atoms with Gasteiger partial charge < -0.3 is 15.6 Å². The molecule has 0 saturated carbocycles. The van der Waals surface area contributed by atoms with Crippen LogP contribution in [0, 0.1) is 6.92 Å². The van der Waals surface area contributed by atoms with E-state index in [1.54, 1.807) is 11.3 Å². The van der Waals surface area contributed by atoms with Gasteiger partial charge in [-0.25, -0.2) is 4.98 Å². The van der Waals surface area contributed by atoms with Crippen molar-refractivity contribution in [3.63, 3.8) is 0 Å². The van der Waals surface area contributed by atoms with E-state index >= 15 is 0 Å². The van der Waals surface area contributed by atoms with E-state index in [4.69, 9.17) is 5.73 Å². The fourth-order valence-corrected chi connectivity index (χ4v) is 2.18. The number of thiophene rings is 1. The molecule has 2 aromatic rings. The summed E-state index contributed by atoms with van der Waals surface area (Å²) in [5.41, 5.74) is 7.09. The van der Waals surface area contributed by atoms with Gasteiger partial charge in [0.15, 0.2) is 5.82 Å². The Bertz CT molecular complexity index is 432. The van der Waals surface area contributed by atoms with E-state index in [9.17, 15) is 0 Å². The van der Waals surface area contributed by atoms with Crippen LogP contribution in [0.1, 0.15) is 11.4 Å². The molecule has 0 bridgehead atoms. The quantitative estimate of drug-likeness (QED) is 0.835. The van der Waals surface area contributed by atoms with Crippen LogP contribution in [0.25, 0.3) is 0 Å². The standard InChI is InChI=1S/C10H14N4S/c1-7-12-9(11)10(13-7)14(2)5-8-3-4-15-6-8/h3-4,6H,5,11H2,1-2H3,(H,12,13). The number of hydrogen-bond acceptors (Lipinski definition) is 4. The minimum absolute atomic E-state index is 0.630. The Hall–Kier alpha value is -1.49. The molecule has 0 fully saturated rings. The van der Waals surface area contributed by atoms with Crippen molar-refractivity contribution < 1.29 is 0 Å². The van der Waals surface area contributed by atoms with Crippen LogP contribution in [-0.2, 0) is 6.54 Å². The van der Waals surface area contributed by atoms with Crippen molar-refractivity contribution in [3.8, 4) is 0 Å². The molecule has 2 rings (SSSR count). The second-order valence-corrected chi connectivity index (χ2v) is 4.33. The number of nitrogens with zero attached hydrogens (tertiary/aromatic N) is 2. The van der Waals surface area contributed by atoms with Gasteiger partial charge in [-0.05, 0) is 29.3 Å². The van der Waals surface area contributed by atoms with Crippen LogP contribution in [0.4, 0.5) is 11.6 Å². The summed E-state index contributed by atoms with van der Waals surface area (Å²) in [4.78, 5) is 9.38. The van der Waals surface area contributed by atoms with Gasteiger partial charge in [-0.15, -0.1) is 0 Å². The van der Waals surface area contributed by atoms with E-state index in [2.05, 4.69) is 26.8 Å². The Kier molecular flexibility index (Phi) is 2.64. The molecule has 0 aromatic carbocycles. The maximum atomic E-state index is 5.81. The van der Waals surface area contributed by atoms with Crippen molar-refractivity contribution in [1.82, 2.24) is 9.97 Å². The Morgan fingerprint density at radius 2 is 2.40 bits per heavy atom. The van der Waals surface area contributed by atoms with Crippen LogP contribution in [0.2, 0.25) is 0 Å². The third-order valence-electron chi connectivity index (χ3n) is 2.19. The Morgan fingerprint density at radius 1 is 1.60 bits per heavy atom. The van der Waals surface area contributed by atoms with E-state index in [-0.39, 0.29) is 0 Å². The van der Waals surface area contributed by atoms with Crippen molar-refractivity contribution in [3.05, 3.63) is 28.2 Å². The lowest BCUT2D eigenvalue weighted by molar-refractivity contribution is 0.906. The van der Waals surface area contributed by atoms with Gasteiger partial charge in [0, 0.05) is 13.6 Å². The number of aryl methyl sites for hydroxylation is 1. The maximum Gasteiger partial charge on any atom is 0.171 e. The lowest BCUT2D eigenvalue weighted by Crippen LogP contribution is -2.17. The molecule has 2 aromatic heterocycles. The number of nitrogens with two attached hydrogens (primary N) is 1. The Morgan fingerprint density at radius 3 is 2.93 bits per heavy atom. The number of nitrogens with one attached hydrogen (secondary N) is 1. The largest absolute Gasteiger partial charge is 0.382 e. The highest BCUT2D eigenvalue weighted by Gasteiger charge is 2.10. The third-order valence-corrected chi connectivity index (χ3v) is 2.92. The second-order valence-electron chi connectivity index (χ2n) is 3.55. The highest BCUT2D eigenvalue weighted by atomic mass is 32.1. The number of aromatic amines is 1. The maximum absolute atomic E-state index is 5.81. The zero-order chi connectivity index (χ0) is 10.8. The fourth-order valence-electron chi connectivity index (χ4n) is 1.52. The monoisotopic (exact) mass is 222 g/mol. The lowest BCUT2D eigenvalue weighted by atomic mass is 10.3. The molecule has 3 N–H and O–H groups in total. The highest BCUT2D eigenvalue weighted by Crippen LogP contribution is 2.20. The molecule has 5 heteroatoms. The molecule has 4 nitrogen and oxygen atoms in total. The smallest absolute Gasteiger partial charge is 0.171 e. The number of imidazole rings is 1. The van der Waals surface area contributed by atoms with Gasteiger partial charge >= 0.3 is 0 Å². The molecular formula is C10H14N4S. The molecular weight excluding hydrogens is 208 g/mol. The summed E-state index contributed by atoms with van der Waals surface area (Å²) >= 11 is 1.70. The molecule has 0 atom stereocenters. The van der Waals surface area contributed by atoms with Gasteiger partial charge in [0.1, 0.15) is 11.6 Å². The van der Waals surface area contributed by atoms with Crippen LogP contribution < -0.4 is 10.6 Å². The summed E-state index contributed by atoms with van der Waals surface area (Å²) in [5, 5.41) is 4.20. The highest BCUT2D eigenvalue weighted by molar-refractivity contribution is 7.07. The van der Waals surface area contributed by atoms with Gasteiger partial charge in [0.2, 0.25) is 0 Å². The average molecular weight is 222 g/mol. The predicted octanol–water partition coefficient (Wildman–Crippen LogP) is 2.00. The number of nitrogen functional groups attached to an aromatic ring is 1. The molecule has 0 aliphatic rings. The van der Waals surface area contributed by atoms with E-state index in [0.29, 0.717) is 5.82 Å². The van der Waals surface area contributed by atoms with Gasteiger partial charge in [0.05, 0.1) is 0 Å². The summed E-state index contributed by atoms with van der Waals surface area (Å²) in [5.74, 6) is 2.29. The van der Waals surface area contributed by atoms with Crippen molar-refractivity contribution in [2.45, 2.75) is 13.5 Å². The predicted molar refractivity (Wildman–Crippen MR) is 64.2 cm³/mol. The number of aromatic nitrogens is 2. The second kappa shape index (κ2) is 3.94. The number of anilines is 2. The summed E-state index contributed by atoms with van der Waals surface area (Å²) in [6.45, 7) is 2.73. The first-order chi connectivity index (χ1) is 7.16. The van der Waals surface area contributed by atoms with Crippen LogP contribution in [-0.4, -0.2) is 17.0 Å². The Balaban J connectivity index is 2.14. The van der Waals surface area contributed by atoms with E-state index in [0.717, 1.165) is 18.2 Å². The van der Waals surface area contributed by atoms with Crippen LogP contribution in [0.5, 0.6) is 0 Å². The van der Waals surface area contributed by atoms with Gasteiger partial charge in [-0.3, -0.25) is 0 Å². The summed E-state index contributed by atoms with van der Waals surface area (Å²) in [7, 11) is 1.99. The topological polar surface area (TPSA) is 57.9 Å². The number of rotatable bonds is 3. The van der Waals surface area contributed by atoms with E-state index in [1.165, 1.54) is 5.56 Å².